The molecule has 0 radical (unpaired) electrons. The molecule has 1 amide bonds. The Morgan fingerprint density at radius 2 is 1.94 bits per heavy atom. The Bertz CT molecular complexity index is 853. The van der Waals surface area contributed by atoms with Crippen LogP contribution in [0.5, 0.6) is 0 Å². The van der Waals surface area contributed by atoms with Gasteiger partial charge in [0.05, 0.1) is 6.10 Å². The van der Waals surface area contributed by atoms with E-state index in [0.717, 1.165) is 49.1 Å². The molecule has 2 fully saturated rings. The fourth-order valence-corrected chi connectivity index (χ4v) is 6.09. The van der Waals surface area contributed by atoms with E-state index in [-0.39, 0.29) is 17.4 Å². The summed E-state index contributed by atoms with van der Waals surface area (Å²) >= 11 is 0. The highest BCUT2D eigenvalue weighted by molar-refractivity contribution is 5.99. The molecule has 4 nitrogen and oxygen atoms in total. The number of nitrogens with one attached hydrogen (secondary N) is 1. The molecule has 1 aromatic rings. The first-order valence-electron chi connectivity index (χ1n) is 12.1. The van der Waals surface area contributed by atoms with E-state index in [0.29, 0.717) is 23.7 Å². The van der Waals surface area contributed by atoms with Crippen LogP contribution in [0.1, 0.15) is 59.8 Å². The summed E-state index contributed by atoms with van der Waals surface area (Å²) in [6, 6.07) is 7.87. The zero-order valence-electron chi connectivity index (χ0n) is 20.8. The van der Waals surface area contributed by atoms with Gasteiger partial charge in [0.2, 0.25) is 5.91 Å². The number of hydrogen-bond donors (Lipinski definition) is 2. The number of fused-ring (bicyclic) bond motifs is 1. The first-order chi connectivity index (χ1) is 15.0. The number of aliphatic hydroxyl groups is 1. The molecule has 176 valence electrons. The Labute approximate surface area is 194 Å². The van der Waals surface area contributed by atoms with Gasteiger partial charge in [0.1, 0.15) is 0 Å². The lowest BCUT2D eigenvalue weighted by atomic mass is 9.50. The SMILES string of the molecule is C=C1CCC2C(C(C)CC(O)C2(C)C)C1CC/C(C)=C/C(=O)Nc1ccc(N(C)C)cc1. The molecule has 0 bridgehead atoms. The summed E-state index contributed by atoms with van der Waals surface area (Å²) in [5, 5.41) is 13.7. The summed E-state index contributed by atoms with van der Waals surface area (Å²) in [6.45, 7) is 13.3. The lowest BCUT2D eigenvalue weighted by molar-refractivity contribution is -0.112. The number of carbonyl (C=O) groups is 1. The van der Waals surface area contributed by atoms with Crippen LogP contribution in [-0.4, -0.2) is 31.2 Å². The van der Waals surface area contributed by atoms with Crippen LogP contribution in [0, 0.1) is 29.1 Å². The second kappa shape index (κ2) is 9.82. The fourth-order valence-electron chi connectivity index (χ4n) is 6.09. The van der Waals surface area contributed by atoms with Crippen molar-refractivity contribution in [3.63, 3.8) is 0 Å². The molecule has 3 rings (SSSR count). The Morgan fingerprint density at radius 3 is 2.56 bits per heavy atom. The number of carbonyl (C=O) groups excluding carboxylic acids is 1. The van der Waals surface area contributed by atoms with Crippen LogP contribution in [0.15, 0.2) is 48.1 Å². The van der Waals surface area contributed by atoms with E-state index in [1.807, 2.05) is 43.3 Å². The Morgan fingerprint density at radius 1 is 1.28 bits per heavy atom. The van der Waals surface area contributed by atoms with Gasteiger partial charge in [-0.3, -0.25) is 4.79 Å². The zero-order chi connectivity index (χ0) is 23.6. The topological polar surface area (TPSA) is 52.6 Å². The van der Waals surface area contributed by atoms with Crippen LogP contribution in [-0.2, 0) is 4.79 Å². The average Bonchev–Trinajstić information content (AvgIpc) is 2.71. The molecule has 4 heteroatoms. The van der Waals surface area contributed by atoms with Crippen molar-refractivity contribution in [2.45, 2.75) is 65.9 Å². The van der Waals surface area contributed by atoms with Crippen molar-refractivity contribution in [2.24, 2.45) is 29.1 Å². The average molecular weight is 439 g/mol. The number of anilines is 2. The van der Waals surface area contributed by atoms with Gasteiger partial charge in [-0.1, -0.05) is 38.5 Å². The standard InChI is InChI=1S/C28H42N2O2/c1-18(16-26(32)29-21-10-12-22(13-11-21)30(6)7)8-14-23-19(2)9-15-24-27(23)20(3)17-25(31)28(24,4)5/h10-13,16,20,23-25,27,31H,2,8-9,14-15,17H2,1,3-7H3,(H,29,32)/b18-16+. The number of aliphatic hydroxyl groups excluding tert-OH is 1. The van der Waals surface area contributed by atoms with Gasteiger partial charge in [0.25, 0.3) is 0 Å². The molecule has 0 spiro atoms. The van der Waals surface area contributed by atoms with Crippen molar-refractivity contribution in [3.05, 3.63) is 48.1 Å². The van der Waals surface area contributed by atoms with E-state index in [1.165, 1.54) is 5.57 Å². The summed E-state index contributed by atoms with van der Waals surface area (Å²) in [5.41, 5.74) is 4.34. The molecule has 5 unspecified atom stereocenters. The van der Waals surface area contributed by atoms with Gasteiger partial charge in [-0.2, -0.15) is 0 Å². The van der Waals surface area contributed by atoms with Crippen LogP contribution in [0.4, 0.5) is 11.4 Å². The molecule has 0 heterocycles. The molecule has 32 heavy (non-hydrogen) atoms. The third kappa shape index (κ3) is 5.28. The minimum Gasteiger partial charge on any atom is -0.393 e. The summed E-state index contributed by atoms with van der Waals surface area (Å²) in [5.74, 6) is 2.01. The highest BCUT2D eigenvalue weighted by Crippen LogP contribution is 2.56. The van der Waals surface area contributed by atoms with Gasteiger partial charge >= 0.3 is 0 Å². The molecule has 0 aliphatic heterocycles. The van der Waals surface area contributed by atoms with Crippen LogP contribution in [0.25, 0.3) is 0 Å². The van der Waals surface area contributed by atoms with Gasteiger partial charge in [0.15, 0.2) is 0 Å². The van der Waals surface area contributed by atoms with E-state index in [2.05, 4.69) is 39.6 Å². The highest BCUT2D eigenvalue weighted by atomic mass is 16.3. The summed E-state index contributed by atoms with van der Waals surface area (Å²) < 4.78 is 0. The predicted octanol–water partition coefficient (Wildman–Crippen LogP) is 6.04. The molecule has 0 aromatic heterocycles. The Kier molecular flexibility index (Phi) is 7.54. The van der Waals surface area contributed by atoms with E-state index in [9.17, 15) is 9.90 Å². The Balaban J connectivity index is 1.62. The monoisotopic (exact) mass is 438 g/mol. The number of rotatable bonds is 6. The third-order valence-corrected chi connectivity index (χ3v) is 8.18. The van der Waals surface area contributed by atoms with Gasteiger partial charge in [-0.15, -0.1) is 0 Å². The summed E-state index contributed by atoms with van der Waals surface area (Å²) in [6.07, 6.45) is 6.52. The summed E-state index contributed by atoms with van der Waals surface area (Å²) in [7, 11) is 4.00. The van der Waals surface area contributed by atoms with Crippen molar-refractivity contribution >= 4 is 17.3 Å². The van der Waals surface area contributed by atoms with E-state index in [1.54, 1.807) is 6.08 Å². The maximum Gasteiger partial charge on any atom is 0.248 e. The normalized spacial score (nSPS) is 29.9. The molecule has 5 atom stereocenters. The van der Waals surface area contributed by atoms with E-state index < -0.39 is 0 Å². The van der Waals surface area contributed by atoms with Crippen molar-refractivity contribution < 1.29 is 9.90 Å². The zero-order valence-corrected chi connectivity index (χ0v) is 20.8. The minimum absolute atomic E-state index is 0.0387. The number of nitrogens with zero attached hydrogens (tertiary/aromatic N) is 1. The molecule has 0 saturated heterocycles. The lowest BCUT2D eigenvalue weighted by Crippen LogP contribution is -2.52. The molecular formula is C28H42N2O2. The lowest BCUT2D eigenvalue weighted by Gasteiger charge is -2.55. The second-order valence-corrected chi connectivity index (χ2v) is 11.0. The van der Waals surface area contributed by atoms with Crippen LogP contribution in [0.2, 0.25) is 0 Å². The van der Waals surface area contributed by atoms with E-state index in [4.69, 9.17) is 0 Å². The Hall–Kier alpha value is -2.07. The first-order valence-corrected chi connectivity index (χ1v) is 12.1. The van der Waals surface area contributed by atoms with Crippen molar-refractivity contribution in [3.8, 4) is 0 Å². The van der Waals surface area contributed by atoms with Gasteiger partial charge in [-0.05, 0) is 92.4 Å². The van der Waals surface area contributed by atoms with Crippen LogP contribution >= 0.6 is 0 Å². The van der Waals surface area contributed by atoms with E-state index >= 15 is 0 Å². The van der Waals surface area contributed by atoms with Gasteiger partial charge in [0, 0.05) is 31.5 Å². The molecule has 1 aromatic carbocycles. The second-order valence-electron chi connectivity index (χ2n) is 11.0. The number of hydrogen-bond acceptors (Lipinski definition) is 3. The minimum atomic E-state index is -0.220. The maximum absolute atomic E-state index is 12.5. The maximum atomic E-state index is 12.5. The number of amides is 1. The summed E-state index contributed by atoms with van der Waals surface area (Å²) in [4.78, 5) is 14.6. The highest BCUT2D eigenvalue weighted by Gasteiger charge is 2.51. The largest absolute Gasteiger partial charge is 0.393 e. The van der Waals surface area contributed by atoms with Crippen molar-refractivity contribution in [2.75, 3.05) is 24.3 Å². The molecule has 2 N–H and O–H groups in total. The number of benzene rings is 1. The smallest absolute Gasteiger partial charge is 0.248 e. The fraction of sp³-hybridized carbons (Fsp3) is 0.607. The molecule has 2 saturated carbocycles. The van der Waals surface area contributed by atoms with Crippen LogP contribution in [0.3, 0.4) is 0 Å². The first kappa shape index (κ1) is 24.6. The van der Waals surface area contributed by atoms with Crippen LogP contribution < -0.4 is 10.2 Å². The quantitative estimate of drug-likeness (QED) is 0.420. The molecule has 2 aliphatic rings. The molecular weight excluding hydrogens is 396 g/mol. The van der Waals surface area contributed by atoms with Gasteiger partial charge in [-0.25, -0.2) is 0 Å². The van der Waals surface area contributed by atoms with Crippen molar-refractivity contribution in [1.29, 1.82) is 0 Å². The number of allylic oxidation sites excluding steroid dienone is 2. The third-order valence-electron chi connectivity index (χ3n) is 8.18. The molecule has 2 aliphatic carbocycles. The predicted molar refractivity (Wildman–Crippen MR) is 135 cm³/mol. The van der Waals surface area contributed by atoms with Crippen molar-refractivity contribution in [1.82, 2.24) is 0 Å². The van der Waals surface area contributed by atoms with Gasteiger partial charge < -0.3 is 15.3 Å².